The van der Waals surface area contributed by atoms with E-state index in [1.54, 1.807) is 83.1 Å². The molecule has 33 nitrogen and oxygen atoms in total. The number of nitrogens with one attached hydrogen (secondary N) is 13. The second-order valence-electron chi connectivity index (χ2n) is 27.0. The largest absolute Gasteiger partial charge is 0.508 e. The Labute approximate surface area is 585 Å². The second kappa shape index (κ2) is 42.8. The molecule has 0 unspecified atom stereocenters. The topological polar surface area (TPSA) is 508 Å². The molecule has 1 fully saturated rings. The number of aromatic hydroxyl groups is 1. The molecule has 0 aromatic heterocycles. The molecule has 0 bridgehead atoms. The van der Waals surface area contributed by atoms with Gasteiger partial charge in [0.2, 0.25) is 82.7 Å². The lowest BCUT2D eigenvalue weighted by molar-refractivity contribution is -0.142. The predicted molar refractivity (Wildman–Crippen MR) is 369 cm³/mol. The smallest absolute Gasteiger partial charge is 0.326 e. The summed E-state index contributed by atoms with van der Waals surface area (Å²) < 4.78 is 0. The highest BCUT2D eigenvalue weighted by atomic mass is 16.4. The van der Waals surface area contributed by atoms with Crippen molar-refractivity contribution in [2.45, 2.75) is 228 Å². The Morgan fingerprint density at radius 1 is 0.470 bits per heavy atom. The number of unbranched alkanes of at least 4 members (excludes halogenated alkanes) is 1. The molecule has 0 spiro atoms. The van der Waals surface area contributed by atoms with Crippen molar-refractivity contribution in [3.8, 4) is 5.75 Å². The molecule has 14 amide bonds. The van der Waals surface area contributed by atoms with Crippen LogP contribution in [0.3, 0.4) is 0 Å². The summed E-state index contributed by atoms with van der Waals surface area (Å²) in [6, 6.07) is -8.39. The van der Waals surface area contributed by atoms with Crippen LogP contribution in [-0.2, 0) is 78.3 Å². The van der Waals surface area contributed by atoms with Gasteiger partial charge in [0.25, 0.3) is 0 Å². The number of hydrogen-bond acceptors (Lipinski definition) is 18. The Kier molecular flexibility index (Phi) is 37.3. The van der Waals surface area contributed by atoms with Gasteiger partial charge in [0.15, 0.2) is 0 Å². The van der Waals surface area contributed by atoms with Crippen LogP contribution in [0.2, 0.25) is 0 Å². The average Bonchev–Trinajstić information content (AvgIpc) is 1.58. The van der Waals surface area contributed by atoms with Gasteiger partial charge in [0, 0.05) is 13.0 Å². The third-order valence-corrected chi connectivity index (χ3v) is 17.3. The van der Waals surface area contributed by atoms with Crippen LogP contribution in [0.25, 0.3) is 0 Å². The molecule has 19 N–H and O–H groups in total. The first-order chi connectivity index (χ1) is 46.8. The minimum atomic E-state index is -1.36. The molecule has 33 heteroatoms. The molecule has 1 aromatic rings. The number of phenolic OH excluding ortho intramolecular Hbond substituents is 1. The van der Waals surface area contributed by atoms with E-state index in [2.05, 4.69) is 69.1 Å². The average molecular weight is 1410 g/mol. The summed E-state index contributed by atoms with van der Waals surface area (Å²) in [7, 11) is 0. The number of benzene rings is 1. The number of carbonyl (C=O) groups excluding carboxylic acids is 14. The summed E-state index contributed by atoms with van der Waals surface area (Å²) in [5.74, 6) is -14.3. The summed E-state index contributed by atoms with van der Waals surface area (Å²) in [4.78, 5) is 202. The lowest BCUT2D eigenvalue weighted by Crippen LogP contribution is -2.61. The van der Waals surface area contributed by atoms with Crippen molar-refractivity contribution >= 4 is 88.7 Å². The van der Waals surface area contributed by atoms with Gasteiger partial charge in [0.05, 0.1) is 25.7 Å². The molecule has 100 heavy (non-hydrogen) atoms. The number of nitrogens with two attached hydrogens (primary N) is 2. The van der Waals surface area contributed by atoms with Gasteiger partial charge in [0.1, 0.15) is 72.2 Å². The standard InChI is InChI=1S/C67H112N16O17/c1-16-37(11)54(81-58(90)41(15)74-56(88)39(13)73-57(89)40(14)75-62(94)53(36(9)10)79-60(92)50(69)33(3)4)64(96)77-44(21-18-19-27-68)66(98)83-28-20-22-46(83)59(91)71-32-49(87)78-52(35(7)8)63(95)82-55(38(12)17-2)65(97)80-51(34(5)6)61(93)72-30-47(85)70-31-48(86)76-45(67(99)100)29-42-23-25-43(84)26-24-42/h23-26,33-41,44-46,50-55,84H,16-22,27-32,68-69H2,1-15H3,(H,70,85)(H,71,91)(H,72,93)(H,73,89)(H,74,88)(H,75,94)(H,76,86)(H,77,96)(H,78,87)(H,79,92)(H,80,97)(H,81,90)(H,82,95)(H,99,100)/t37-,38-,39-,40-,41-,44-,45-,46-,50-,51-,52-,53-,54-,55-/m0/s1. The molecular weight excluding hydrogens is 1300 g/mol. The number of aliphatic carboxylic acids is 1. The first kappa shape index (κ1) is 87.1. The minimum Gasteiger partial charge on any atom is -0.508 e. The van der Waals surface area contributed by atoms with E-state index in [9.17, 15) is 82.1 Å². The normalized spacial score (nSPS) is 16.7. The van der Waals surface area contributed by atoms with E-state index in [1.165, 1.54) is 49.9 Å². The highest BCUT2D eigenvalue weighted by Gasteiger charge is 2.41. The number of carbonyl (C=O) groups is 15. The van der Waals surface area contributed by atoms with E-state index in [0.717, 1.165) is 0 Å². The van der Waals surface area contributed by atoms with Crippen molar-refractivity contribution in [3.05, 3.63) is 29.8 Å². The number of amides is 14. The number of phenols is 1. The monoisotopic (exact) mass is 1410 g/mol. The molecule has 14 atom stereocenters. The number of hydrogen-bond donors (Lipinski definition) is 17. The molecule has 0 radical (unpaired) electrons. The van der Waals surface area contributed by atoms with Crippen LogP contribution in [0, 0.1) is 35.5 Å². The van der Waals surface area contributed by atoms with Gasteiger partial charge in [-0.25, -0.2) is 4.79 Å². The summed E-state index contributed by atoms with van der Waals surface area (Å²) >= 11 is 0. The van der Waals surface area contributed by atoms with Gasteiger partial charge in [-0.15, -0.1) is 0 Å². The maximum atomic E-state index is 14.5. The highest BCUT2D eigenvalue weighted by Crippen LogP contribution is 2.22. The van der Waals surface area contributed by atoms with Crippen LogP contribution < -0.4 is 80.6 Å². The minimum absolute atomic E-state index is 0.0291. The number of carboxylic acid groups (broad SMARTS) is 1. The fourth-order valence-electron chi connectivity index (χ4n) is 10.4. The molecule has 0 aliphatic carbocycles. The summed E-state index contributed by atoms with van der Waals surface area (Å²) in [5.41, 5.74) is 12.3. The summed E-state index contributed by atoms with van der Waals surface area (Å²) in [6.45, 7) is 23.0. The molecule has 2 rings (SSSR count). The first-order valence-electron chi connectivity index (χ1n) is 34.4. The van der Waals surface area contributed by atoms with Crippen molar-refractivity contribution in [1.82, 2.24) is 74.0 Å². The van der Waals surface area contributed by atoms with Crippen LogP contribution >= 0.6 is 0 Å². The Bertz CT molecular complexity index is 2990. The SMILES string of the molecule is CC[C@H](C)[C@H](NC(=O)[C@H](C)NC(=O)[C@H](C)NC(=O)[C@H](C)NC(=O)[C@@H](NC(=O)[C@@H](N)C(C)C)C(C)C)C(=O)N[C@@H](CCCCN)C(=O)N1CCC[C@H]1C(=O)NCC(=O)N[C@H](C(=O)N[C@H](C(=O)N[C@H](C(=O)NCC(=O)NCC(=O)N[C@@H](Cc1ccc(O)cc1)C(=O)O)C(C)C)[C@@H](C)CC)C(C)C. The lowest BCUT2D eigenvalue weighted by Gasteiger charge is -2.31. The number of nitrogens with zero attached hydrogens (tertiary/aromatic N) is 1. The quantitative estimate of drug-likeness (QED) is 0.0299. The molecule has 1 aromatic carbocycles. The van der Waals surface area contributed by atoms with Crippen LogP contribution in [0.1, 0.15) is 154 Å². The molecular formula is C67H112N16O17. The number of rotatable bonds is 42. The van der Waals surface area contributed by atoms with Crippen LogP contribution in [0.15, 0.2) is 24.3 Å². The molecule has 1 saturated heterocycles. The van der Waals surface area contributed by atoms with E-state index in [1.807, 2.05) is 0 Å². The van der Waals surface area contributed by atoms with Crippen LogP contribution in [0.4, 0.5) is 0 Å². The third-order valence-electron chi connectivity index (χ3n) is 17.3. The maximum Gasteiger partial charge on any atom is 0.326 e. The van der Waals surface area contributed by atoms with E-state index < -0.39 is 204 Å². The van der Waals surface area contributed by atoms with Crippen molar-refractivity contribution in [3.63, 3.8) is 0 Å². The number of carboxylic acids is 1. The van der Waals surface area contributed by atoms with Gasteiger partial charge >= 0.3 is 5.97 Å². The maximum absolute atomic E-state index is 14.5. The summed E-state index contributed by atoms with van der Waals surface area (Å²) in [6.07, 6.45) is 2.17. The van der Waals surface area contributed by atoms with Crippen molar-refractivity contribution in [2.24, 2.45) is 47.0 Å². The molecule has 1 aliphatic heterocycles. The van der Waals surface area contributed by atoms with E-state index in [-0.39, 0.29) is 49.9 Å². The fraction of sp³-hybridized carbons (Fsp3) is 0.687. The predicted octanol–water partition coefficient (Wildman–Crippen LogP) is -2.56. The fourth-order valence-corrected chi connectivity index (χ4v) is 10.4. The lowest BCUT2D eigenvalue weighted by atomic mass is 9.95. The van der Waals surface area contributed by atoms with E-state index >= 15 is 0 Å². The van der Waals surface area contributed by atoms with Crippen molar-refractivity contribution < 1.29 is 82.1 Å². The van der Waals surface area contributed by atoms with Gasteiger partial charge in [-0.1, -0.05) is 108 Å². The van der Waals surface area contributed by atoms with Gasteiger partial charge in [-0.2, -0.15) is 0 Å². The second-order valence-corrected chi connectivity index (χ2v) is 27.0. The van der Waals surface area contributed by atoms with Gasteiger partial charge < -0.3 is 95.7 Å². The zero-order chi connectivity index (χ0) is 76.0. The zero-order valence-corrected chi connectivity index (χ0v) is 60.5. The Morgan fingerprint density at radius 2 is 0.890 bits per heavy atom. The van der Waals surface area contributed by atoms with Gasteiger partial charge in [-0.05, 0) is 113 Å². The highest BCUT2D eigenvalue weighted by molar-refractivity contribution is 6.00. The Balaban J connectivity index is 2.11. The van der Waals surface area contributed by atoms with E-state index in [0.29, 0.717) is 37.7 Å². The molecule has 562 valence electrons. The first-order valence-corrected chi connectivity index (χ1v) is 34.4. The van der Waals surface area contributed by atoms with Crippen LogP contribution in [0.5, 0.6) is 5.75 Å². The van der Waals surface area contributed by atoms with Crippen molar-refractivity contribution in [1.29, 1.82) is 0 Å². The number of likely N-dealkylation sites (tertiary alicyclic amines) is 1. The molecule has 1 heterocycles. The molecule has 0 saturated carbocycles. The van der Waals surface area contributed by atoms with Gasteiger partial charge in [-0.3, -0.25) is 67.1 Å². The molecule has 1 aliphatic rings. The van der Waals surface area contributed by atoms with Crippen LogP contribution in [-0.4, -0.2) is 209 Å². The zero-order valence-electron chi connectivity index (χ0n) is 60.5. The Morgan fingerprint density at radius 3 is 1.39 bits per heavy atom. The Hall–Kier alpha value is -9.01. The third kappa shape index (κ3) is 28.7. The van der Waals surface area contributed by atoms with E-state index in [4.69, 9.17) is 11.5 Å². The van der Waals surface area contributed by atoms with Crippen molar-refractivity contribution in [2.75, 3.05) is 32.7 Å². The summed E-state index contributed by atoms with van der Waals surface area (Å²) in [5, 5.41) is 52.4.